The number of amides is 2. The van der Waals surface area contributed by atoms with Crippen molar-refractivity contribution in [2.24, 2.45) is 11.8 Å². The van der Waals surface area contributed by atoms with Crippen molar-refractivity contribution in [3.63, 3.8) is 0 Å². The Hall–Kier alpha value is -1.88. The first-order valence-corrected chi connectivity index (χ1v) is 8.42. The van der Waals surface area contributed by atoms with E-state index >= 15 is 0 Å². The van der Waals surface area contributed by atoms with Gasteiger partial charge in [0.25, 0.3) is 0 Å². The second-order valence-electron chi connectivity index (χ2n) is 6.66. The van der Waals surface area contributed by atoms with Crippen LogP contribution in [0.5, 0.6) is 0 Å². The smallest absolute Gasteiger partial charge is 0.228 e. The molecular formula is C18H25N3O2. The fraction of sp³-hybridized carbons (Fsp3) is 0.556. The molecule has 124 valence electrons. The zero-order chi connectivity index (χ0) is 16.2. The average Bonchev–Trinajstić information content (AvgIpc) is 3.16. The van der Waals surface area contributed by atoms with Gasteiger partial charge in [0.1, 0.15) is 0 Å². The fourth-order valence-corrected chi connectivity index (χ4v) is 3.64. The molecule has 2 aliphatic rings. The molecular weight excluding hydrogens is 290 g/mol. The summed E-state index contributed by atoms with van der Waals surface area (Å²) in [5, 5.41) is 3.18. The highest BCUT2D eigenvalue weighted by Crippen LogP contribution is 2.25. The third-order valence-electron chi connectivity index (χ3n) is 4.87. The quantitative estimate of drug-likeness (QED) is 0.885. The number of hydrogen-bond acceptors (Lipinski definition) is 3. The Morgan fingerprint density at radius 1 is 1.26 bits per heavy atom. The number of carbonyl (C=O) groups is 2. The summed E-state index contributed by atoms with van der Waals surface area (Å²) in [7, 11) is 1.95. The molecule has 0 radical (unpaired) electrons. The van der Waals surface area contributed by atoms with Crippen LogP contribution in [0.3, 0.4) is 0 Å². The number of nitrogens with one attached hydrogen (secondary N) is 1. The molecule has 0 bridgehead atoms. The number of rotatable bonds is 5. The van der Waals surface area contributed by atoms with Crippen molar-refractivity contribution < 1.29 is 9.59 Å². The zero-order valence-corrected chi connectivity index (χ0v) is 13.7. The summed E-state index contributed by atoms with van der Waals surface area (Å²) in [6.07, 6.45) is 1.42. The van der Waals surface area contributed by atoms with E-state index in [1.54, 1.807) is 0 Å². The van der Waals surface area contributed by atoms with Gasteiger partial charge in [0.15, 0.2) is 0 Å². The van der Waals surface area contributed by atoms with Crippen molar-refractivity contribution in [3.05, 3.63) is 35.9 Å². The molecule has 1 N–H and O–H groups in total. The van der Waals surface area contributed by atoms with Crippen molar-refractivity contribution >= 4 is 11.8 Å². The summed E-state index contributed by atoms with van der Waals surface area (Å²) in [6.45, 7) is 3.76. The van der Waals surface area contributed by atoms with Gasteiger partial charge < -0.3 is 15.1 Å². The first-order valence-electron chi connectivity index (χ1n) is 8.42. The van der Waals surface area contributed by atoms with Crippen LogP contribution in [0.2, 0.25) is 0 Å². The van der Waals surface area contributed by atoms with E-state index in [4.69, 9.17) is 0 Å². The van der Waals surface area contributed by atoms with Crippen LogP contribution in [0, 0.1) is 11.8 Å². The maximum absolute atomic E-state index is 12.7. The molecule has 0 aliphatic carbocycles. The van der Waals surface area contributed by atoms with E-state index in [1.807, 2.05) is 47.2 Å². The third kappa shape index (κ3) is 3.72. The van der Waals surface area contributed by atoms with Crippen molar-refractivity contribution in [2.75, 3.05) is 33.2 Å². The molecule has 2 amide bonds. The zero-order valence-electron chi connectivity index (χ0n) is 13.7. The SMILES string of the molecule is CNCC1CCN(C(=O)C2CC(=O)N(Cc3ccccc3)C2)C1. The minimum Gasteiger partial charge on any atom is -0.342 e. The molecule has 2 unspecified atom stereocenters. The predicted molar refractivity (Wildman–Crippen MR) is 88.6 cm³/mol. The summed E-state index contributed by atoms with van der Waals surface area (Å²) >= 11 is 0. The molecule has 5 nitrogen and oxygen atoms in total. The summed E-state index contributed by atoms with van der Waals surface area (Å²) in [5.74, 6) is 0.631. The molecule has 1 aromatic rings. The van der Waals surface area contributed by atoms with E-state index in [2.05, 4.69) is 5.32 Å². The second kappa shape index (κ2) is 7.13. The van der Waals surface area contributed by atoms with E-state index in [1.165, 1.54) is 0 Å². The second-order valence-corrected chi connectivity index (χ2v) is 6.66. The molecule has 2 saturated heterocycles. The third-order valence-corrected chi connectivity index (χ3v) is 4.87. The Labute approximate surface area is 137 Å². The predicted octanol–water partition coefficient (Wildman–Crippen LogP) is 1.10. The van der Waals surface area contributed by atoms with Gasteiger partial charge >= 0.3 is 0 Å². The number of hydrogen-bond donors (Lipinski definition) is 1. The maximum atomic E-state index is 12.7. The molecule has 3 rings (SSSR count). The van der Waals surface area contributed by atoms with Gasteiger partial charge in [-0.15, -0.1) is 0 Å². The highest BCUT2D eigenvalue weighted by Gasteiger charge is 2.38. The summed E-state index contributed by atoms with van der Waals surface area (Å²) < 4.78 is 0. The van der Waals surface area contributed by atoms with E-state index in [9.17, 15) is 9.59 Å². The van der Waals surface area contributed by atoms with Crippen LogP contribution in [0.25, 0.3) is 0 Å². The molecule has 23 heavy (non-hydrogen) atoms. The van der Waals surface area contributed by atoms with Crippen molar-refractivity contribution in [2.45, 2.75) is 19.4 Å². The van der Waals surface area contributed by atoms with Gasteiger partial charge in [0.2, 0.25) is 11.8 Å². The molecule has 5 heteroatoms. The Morgan fingerprint density at radius 2 is 2.04 bits per heavy atom. The van der Waals surface area contributed by atoms with Crippen LogP contribution in [0.4, 0.5) is 0 Å². The van der Waals surface area contributed by atoms with Crippen LogP contribution < -0.4 is 5.32 Å². The first kappa shape index (κ1) is 16.0. The summed E-state index contributed by atoms with van der Waals surface area (Å²) in [6, 6.07) is 9.96. The lowest BCUT2D eigenvalue weighted by atomic mass is 10.1. The highest BCUT2D eigenvalue weighted by atomic mass is 16.2. The minimum atomic E-state index is -0.167. The largest absolute Gasteiger partial charge is 0.342 e. The van der Waals surface area contributed by atoms with Gasteiger partial charge in [0, 0.05) is 32.6 Å². The number of benzene rings is 1. The molecule has 0 aromatic heterocycles. The normalized spacial score (nSPS) is 24.5. The van der Waals surface area contributed by atoms with Crippen LogP contribution >= 0.6 is 0 Å². The monoisotopic (exact) mass is 315 g/mol. The van der Waals surface area contributed by atoms with Gasteiger partial charge in [-0.1, -0.05) is 30.3 Å². The topological polar surface area (TPSA) is 52.7 Å². The average molecular weight is 315 g/mol. The van der Waals surface area contributed by atoms with Crippen molar-refractivity contribution in [1.29, 1.82) is 0 Å². The standard InChI is InChI=1S/C18H25N3O2/c1-19-10-15-7-8-20(12-15)18(23)16-9-17(22)21(13-16)11-14-5-3-2-4-6-14/h2-6,15-16,19H,7-13H2,1H3. The van der Waals surface area contributed by atoms with E-state index < -0.39 is 0 Å². The van der Waals surface area contributed by atoms with Gasteiger partial charge in [-0.2, -0.15) is 0 Å². The Kier molecular flexibility index (Phi) is 4.96. The van der Waals surface area contributed by atoms with Crippen molar-refractivity contribution in [3.8, 4) is 0 Å². The van der Waals surface area contributed by atoms with Gasteiger partial charge in [0.05, 0.1) is 5.92 Å². The maximum Gasteiger partial charge on any atom is 0.228 e. The summed E-state index contributed by atoms with van der Waals surface area (Å²) in [4.78, 5) is 28.7. The van der Waals surface area contributed by atoms with Crippen LogP contribution in [0.15, 0.2) is 30.3 Å². The van der Waals surface area contributed by atoms with E-state index in [0.717, 1.165) is 31.6 Å². The molecule has 0 spiro atoms. The molecule has 0 saturated carbocycles. The molecule has 2 aliphatic heterocycles. The lowest BCUT2D eigenvalue weighted by Gasteiger charge is -2.21. The summed E-state index contributed by atoms with van der Waals surface area (Å²) in [5.41, 5.74) is 1.12. The molecule has 2 atom stereocenters. The number of nitrogens with zero attached hydrogens (tertiary/aromatic N) is 2. The first-order chi connectivity index (χ1) is 11.2. The van der Waals surface area contributed by atoms with E-state index in [-0.39, 0.29) is 17.7 Å². The molecule has 2 heterocycles. The fourth-order valence-electron chi connectivity index (χ4n) is 3.64. The van der Waals surface area contributed by atoms with Gasteiger partial charge in [-0.25, -0.2) is 0 Å². The van der Waals surface area contributed by atoms with Gasteiger partial charge in [-0.3, -0.25) is 9.59 Å². The number of likely N-dealkylation sites (tertiary alicyclic amines) is 2. The van der Waals surface area contributed by atoms with E-state index in [0.29, 0.717) is 25.4 Å². The lowest BCUT2D eigenvalue weighted by Crippen LogP contribution is -2.36. The lowest BCUT2D eigenvalue weighted by molar-refractivity contribution is -0.135. The highest BCUT2D eigenvalue weighted by molar-refractivity contribution is 5.89. The number of carbonyl (C=O) groups excluding carboxylic acids is 2. The molecule has 2 fully saturated rings. The Balaban J connectivity index is 1.56. The van der Waals surface area contributed by atoms with Crippen LogP contribution in [0.1, 0.15) is 18.4 Å². The molecule has 1 aromatic carbocycles. The van der Waals surface area contributed by atoms with Gasteiger partial charge in [-0.05, 0) is 31.5 Å². The minimum absolute atomic E-state index is 0.0955. The van der Waals surface area contributed by atoms with Crippen LogP contribution in [-0.4, -0.2) is 54.8 Å². The Morgan fingerprint density at radius 3 is 2.78 bits per heavy atom. The Bertz CT molecular complexity index is 561. The van der Waals surface area contributed by atoms with Crippen molar-refractivity contribution in [1.82, 2.24) is 15.1 Å². The van der Waals surface area contributed by atoms with Crippen LogP contribution in [-0.2, 0) is 16.1 Å².